The zero-order valence-electron chi connectivity index (χ0n) is 24.1. The van der Waals surface area contributed by atoms with Crippen LogP contribution in [0, 0.1) is 5.82 Å². The second-order valence-electron chi connectivity index (χ2n) is 11.0. The van der Waals surface area contributed by atoms with Crippen LogP contribution in [0.4, 0.5) is 10.1 Å². The van der Waals surface area contributed by atoms with Gasteiger partial charge in [-0.3, -0.25) is 13.9 Å². The molecule has 0 saturated heterocycles. The van der Waals surface area contributed by atoms with Gasteiger partial charge in [0.05, 0.1) is 11.9 Å². The van der Waals surface area contributed by atoms with E-state index in [4.69, 9.17) is 0 Å². The molecule has 1 atom stereocenters. The van der Waals surface area contributed by atoms with E-state index in [2.05, 4.69) is 5.32 Å². The predicted octanol–water partition coefficient (Wildman–Crippen LogP) is 5.46. The van der Waals surface area contributed by atoms with Gasteiger partial charge >= 0.3 is 0 Å². The number of carbonyl (C=O) groups excluding carboxylic acids is 2. The number of carbonyl (C=O) groups is 2. The van der Waals surface area contributed by atoms with Crippen molar-refractivity contribution in [2.24, 2.45) is 0 Å². The van der Waals surface area contributed by atoms with E-state index in [1.165, 1.54) is 35.0 Å². The number of nitrogens with one attached hydrogen (secondary N) is 1. The van der Waals surface area contributed by atoms with Crippen molar-refractivity contribution in [1.82, 2.24) is 10.2 Å². The zero-order chi connectivity index (χ0) is 30.0. The Morgan fingerprint density at radius 3 is 2.07 bits per heavy atom. The molecule has 42 heavy (non-hydrogen) atoms. The number of halogens is 1. The minimum atomic E-state index is -3.66. The highest BCUT2D eigenvalue weighted by atomic mass is 32.2. The third kappa shape index (κ3) is 9.14. The van der Waals surface area contributed by atoms with Crippen molar-refractivity contribution in [3.05, 3.63) is 102 Å². The molecule has 0 aliphatic heterocycles. The standard InChI is InChI=1S/C33H40FN3O4S/c1-42(40,41)37(30-21-19-28(34)20-22-30)23-11-18-32(38)36(25-27-14-7-3-8-15-27)31(24-26-12-5-2-6-13-26)33(39)35-29-16-9-4-10-17-29/h2-3,5-8,12-15,19-22,29,31H,4,9-11,16-18,23-25H2,1H3,(H,35,39). The van der Waals surface area contributed by atoms with E-state index in [1.807, 2.05) is 60.7 Å². The Morgan fingerprint density at radius 2 is 1.48 bits per heavy atom. The minimum Gasteiger partial charge on any atom is -0.352 e. The van der Waals surface area contributed by atoms with Crippen LogP contribution in [0.1, 0.15) is 56.1 Å². The second-order valence-corrected chi connectivity index (χ2v) is 12.9. The molecule has 0 bridgehead atoms. The number of nitrogens with zero attached hydrogens (tertiary/aromatic N) is 2. The summed E-state index contributed by atoms with van der Waals surface area (Å²) in [4.78, 5) is 29.4. The summed E-state index contributed by atoms with van der Waals surface area (Å²) in [5, 5.41) is 3.23. The van der Waals surface area contributed by atoms with Crippen molar-refractivity contribution >= 4 is 27.5 Å². The van der Waals surface area contributed by atoms with Crippen LogP contribution in [0.2, 0.25) is 0 Å². The topological polar surface area (TPSA) is 86.8 Å². The van der Waals surface area contributed by atoms with Crippen LogP contribution in [0.3, 0.4) is 0 Å². The highest BCUT2D eigenvalue weighted by Crippen LogP contribution is 2.22. The molecule has 224 valence electrons. The number of hydrogen-bond acceptors (Lipinski definition) is 4. The Balaban J connectivity index is 1.56. The molecule has 0 heterocycles. The molecule has 1 saturated carbocycles. The average Bonchev–Trinajstić information content (AvgIpc) is 2.98. The van der Waals surface area contributed by atoms with Crippen LogP contribution < -0.4 is 9.62 Å². The quantitative estimate of drug-likeness (QED) is 0.285. The van der Waals surface area contributed by atoms with E-state index in [1.54, 1.807) is 4.90 Å². The molecule has 1 fully saturated rings. The van der Waals surface area contributed by atoms with E-state index >= 15 is 0 Å². The molecule has 2 amide bonds. The van der Waals surface area contributed by atoms with Crippen molar-refractivity contribution in [1.29, 1.82) is 0 Å². The first-order valence-electron chi connectivity index (χ1n) is 14.6. The lowest BCUT2D eigenvalue weighted by atomic mass is 9.94. The molecule has 7 nitrogen and oxygen atoms in total. The Morgan fingerprint density at radius 1 is 0.881 bits per heavy atom. The smallest absolute Gasteiger partial charge is 0.243 e. The molecule has 4 rings (SSSR count). The average molecular weight is 594 g/mol. The van der Waals surface area contributed by atoms with Crippen LogP contribution in [0.5, 0.6) is 0 Å². The number of benzene rings is 3. The van der Waals surface area contributed by atoms with Crippen LogP contribution >= 0.6 is 0 Å². The van der Waals surface area contributed by atoms with Crippen LogP contribution in [-0.4, -0.2) is 50.0 Å². The first kappa shape index (κ1) is 31.2. The fourth-order valence-corrected chi connectivity index (χ4v) is 6.46. The molecule has 0 aromatic heterocycles. The molecule has 0 radical (unpaired) electrons. The van der Waals surface area contributed by atoms with Gasteiger partial charge in [-0.05, 0) is 54.7 Å². The second kappa shape index (κ2) is 15.0. The molecule has 1 aliphatic rings. The van der Waals surface area contributed by atoms with Crippen molar-refractivity contribution in [3.63, 3.8) is 0 Å². The van der Waals surface area contributed by atoms with Gasteiger partial charge in [0.25, 0.3) is 0 Å². The summed E-state index contributed by atoms with van der Waals surface area (Å²) in [6.07, 6.45) is 6.91. The number of rotatable bonds is 13. The van der Waals surface area contributed by atoms with Gasteiger partial charge in [-0.25, -0.2) is 12.8 Å². The fraction of sp³-hybridized carbons (Fsp3) is 0.394. The van der Waals surface area contributed by atoms with Gasteiger partial charge in [0, 0.05) is 32.0 Å². The molecule has 1 unspecified atom stereocenters. The predicted molar refractivity (Wildman–Crippen MR) is 164 cm³/mol. The summed E-state index contributed by atoms with van der Waals surface area (Å²) in [7, 11) is -3.66. The molecule has 1 N–H and O–H groups in total. The number of hydrogen-bond donors (Lipinski definition) is 1. The Hall–Kier alpha value is -3.72. The maximum absolute atomic E-state index is 13.9. The van der Waals surface area contributed by atoms with E-state index in [0.29, 0.717) is 12.1 Å². The minimum absolute atomic E-state index is 0.0437. The van der Waals surface area contributed by atoms with Gasteiger partial charge in [-0.2, -0.15) is 0 Å². The highest BCUT2D eigenvalue weighted by molar-refractivity contribution is 7.92. The fourth-order valence-electron chi connectivity index (χ4n) is 5.49. The molecular weight excluding hydrogens is 553 g/mol. The maximum Gasteiger partial charge on any atom is 0.243 e. The summed E-state index contributed by atoms with van der Waals surface area (Å²) >= 11 is 0. The van der Waals surface area contributed by atoms with Crippen molar-refractivity contribution < 1.29 is 22.4 Å². The largest absolute Gasteiger partial charge is 0.352 e. The lowest BCUT2D eigenvalue weighted by Crippen LogP contribution is -2.52. The Bertz CT molecular complexity index is 1400. The molecule has 9 heteroatoms. The van der Waals surface area contributed by atoms with Gasteiger partial charge in [-0.15, -0.1) is 0 Å². The molecule has 1 aliphatic carbocycles. The van der Waals surface area contributed by atoms with Gasteiger partial charge in [0.15, 0.2) is 0 Å². The van der Waals surface area contributed by atoms with Crippen molar-refractivity contribution in [2.75, 3.05) is 17.1 Å². The SMILES string of the molecule is CS(=O)(=O)N(CCCC(=O)N(Cc1ccccc1)C(Cc1ccccc1)C(=O)NC1CCCCC1)c1ccc(F)cc1. The van der Waals surface area contributed by atoms with Gasteiger partial charge in [0.2, 0.25) is 21.8 Å². The van der Waals surface area contributed by atoms with Crippen molar-refractivity contribution in [2.45, 2.75) is 70.0 Å². The number of amides is 2. The van der Waals surface area contributed by atoms with Crippen LogP contribution in [-0.2, 0) is 32.6 Å². The Kier molecular flexibility index (Phi) is 11.1. The molecular formula is C33H40FN3O4S. The van der Waals surface area contributed by atoms with E-state index < -0.39 is 21.9 Å². The summed E-state index contributed by atoms with van der Waals surface area (Å²) in [5.74, 6) is -0.861. The lowest BCUT2D eigenvalue weighted by molar-refractivity contribution is -0.141. The normalized spacial score (nSPS) is 14.6. The van der Waals surface area contributed by atoms with Gasteiger partial charge in [0.1, 0.15) is 11.9 Å². The lowest BCUT2D eigenvalue weighted by Gasteiger charge is -2.34. The maximum atomic E-state index is 13.9. The molecule has 3 aromatic carbocycles. The van der Waals surface area contributed by atoms with E-state index in [0.717, 1.165) is 43.1 Å². The number of sulfonamides is 1. The summed E-state index contributed by atoms with van der Waals surface area (Å²) in [5.41, 5.74) is 2.19. The van der Waals surface area contributed by atoms with Gasteiger partial charge < -0.3 is 10.2 Å². The third-order valence-corrected chi connectivity index (χ3v) is 8.88. The Labute approximate surface area is 248 Å². The summed E-state index contributed by atoms with van der Waals surface area (Å²) in [6, 6.07) is 23.8. The zero-order valence-corrected chi connectivity index (χ0v) is 24.9. The summed E-state index contributed by atoms with van der Waals surface area (Å²) < 4.78 is 39.7. The van der Waals surface area contributed by atoms with Crippen LogP contribution in [0.15, 0.2) is 84.9 Å². The first-order chi connectivity index (χ1) is 20.2. The first-order valence-corrected chi connectivity index (χ1v) is 16.5. The third-order valence-electron chi connectivity index (χ3n) is 7.69. The van der Waals surface area contributed by atoms with E-state index in [9.17, 15) is 22.4 Å². The molecule has 0 spiro atoms. The van der Waals surface area contributed by atoms with E-state index in [-0.39, 0.29) is 43.8 Å². The van der Waals surface area contributed by atoms with Gasteiger partial charge in [-0.1, -0.05) is 79.9 Å². The summed E-state index contributed by atoms with van der Waals surface area (Å²) in [6.45, 7) is 0.302. The highest BCUT2D eigenvalue weighted by Gasteiger charge is 2.32. The van der Waals surface area contributed by atoms with Crippen LogP contribution in [0.25, 0.3) is 0 Å². The molecule has 3 aromatic rings. The monoisotopic (exact) mass is 593 g/mol. The van der Waals surface area contributed by atoms with Crippen molar-refractivity contribution in [3.8, 4) is 0 Å². The number of anilines is 1.